The number of nitrogens with one attached hydrogen (secondary N) is 2. The third-order valence-corrected chi connectivity index (χ3v) is 4.51. The fraction of sp³-hybridized carbons (Fsp3) is 0.800. The van der Waals surface area contributed by atoms with Crippen molar-refractivity contribution in [3.63, 3.8) is 0 Å². The van der Waals surface area contributed by atoms with Gasteiger partial charge in [0.15, 0.2) is 0 Å². The van der Waals surface area contributed by atoms with E-state index in [4.69, 9.17) is 0 Å². The van der Waals surface area contributed by atoms with Crippen LogP contribution in [0.1, 0.15) is 23.9 Å². The van der Waals surface area contributed by atoms with Gasteiger partial charge in [-0.3, -0.25) is 5.10 Å². The zero-order valence-corrected chi connectivity index (χ0v) is 10.1. The second-order valence-electron chi connectivity index (χ2n) is 4.26. The molecule has 5 nitrogen and oxygen atoms in total. The Labute approximate surface area is 99.4 Å². The molecule has 0 amide bonds. The smallest absolute Gasteiger partial charge is 0.244 e. The Hall–Kier alpha value is -0.750. The number of aromatic nitrogens is 3. The molecule has 0 aromatic carbocycles. The molecule has 16 heavy (non-hydrogen) atoms. The van der Waals surface area contributed by atoms with E-state index in [-0.39, 0.29) is 0 Å². The molecule has 1 aromatic rings. The molecule has 0 saturated carbocycles. The van der Waals surface area contributed by atoms with Gasteiger partial charge in [-0.05, 0) is 18.6 Å². The van der Waals surface area contributed by atoms with Crippen molar-refractivity contribution in [1.29, 1.82) is 0 Å². The molecular weight excluding hydrogens is 222 g/mol. The first-order valence-electron chi connectivity index (χ1n) is 5.93. The highest BCUT2D eigenvalue weighted by Crippen LogP contribution is 2.38. The summed E-state index contributed by atoms with van der Waals surface area (Å²) in [6.07, 6.45) is 2.54. The highest BCUT2D eigenvalue weighted by molar-refractivity contribution is 7.99. The van der Waals surface area contributed by atoms with Gasteiger partial charge in [-0.1, -0.05) is 0 Å². The van der Waals surface area contributed by atoms with Crippen LogP contribution in [-0.4, -0.2) is 47.1 Å². The van der Waals surface area contributed by atoms with Gasteiger partial charge in [0.25, 0.3) is 0 Å². The molecule has 88 valence electrons. The van der Waals surface area contributed by atoms with Crippen LogP contribution in [0.25, 0.3) is 0 Å². The quantitative estimate of drug-likeness (QED) is 0.799. The van der Waals surface area contributed by atoms with E-state index in [0.29, 0.717) is 5.25 Å². The maximum absolute atomic E-state index is 4.63. The number of thioether (sulfide) groups is 1. The minimum atomic E-state index is 0.546. The Kier molecular flexibility index (Phi) is 3.01. The molecule has 1 atom stereocenters. The van der Waals surface area contributed by atoms with Crippen molar-refractivity contribution in [2.75, 3.05) is 36.8 Å². The van der Waals surface area contributed by atoms with Gasteiger partial charge in [-0.25, -0.2) is 0 Å². The summed E-state index contributed by atoms with van der Waals surface area (Å²) in [7, 11) is 0. The number of rotatable bonds is 2. The SMILES string of the molecule is C1CSC(c2nc(N3CCNCC3)n[nH]2)C1. The second kappa shape index (κ2) is 4.63. The fourth-order valence-electron chi connectivity index (χ4n) is 2.21. The molecule has 2 fully saturated rings. The molecule has 3 heterocycles. The van der Waals surface area contributed by atoms with Gasteiger partial charge in [-0.15, -0.1) is 5.10 Å². The maximum atomic E-state index is 4.63. The third-order valence-electron chi connectivity index (χ3n) is 3.13. The summed E-state index contributed by atoms with van der Waals surface area (Å²) in [4.78, 5) is 6.87. The predicted octanol–water partition coefficient (Wildman–Crippen LogP) is 0.782. The van der Waals surface area contributed by atoms with Crippen molar-refractivity contribution in [2.45, 2.75) is 18.1 Å². The molecule has 3 rings (SSSR count). The monoisotopic (exact) mass is 239 g/mol. The maximum Gasteiger partial charge on any atom is 0.244 e. The van der Waals surface area contributed by atoms with E-state index in [1.165, 1.54) is 18.6 Å². The molecule has 2 saturated heterocycles. The number of piperazine rings is 1. The number of H-pyrrole nitrogens is 1. The van der Waals surface area contributed by atoms with E-state index in [1.54, 1.807) is 0 Å². The van der Waals surface area contributed by atoms with Crippen LogP contribution in [-0.2, 0) is 0 Å². The van der Waals surface area contributed by atoms with Crippen molar-refractivity contribution < 1.29 is 0 Å². The van der Waals surface area contributed by atoms with E-state index in [2.05, 4.69) is 25.4 Å². The normalized spacial score (nSPS) is 26.2. The molecule has 1 unspecified atom stereocenters. The number of aromatic amines is 1. The minimum absolute atomic E-state index is 0.546. The Morgan fingerprint density at radius 3 is 2.94 bits per heavy atom. The summed E-state index contributed by atoms with van der Waals surface area (Å²) in [5, 5.41) is 11.3. The lowest BCUT2D eigenvalue weighted by molar-refractivity contribution is 0.580. The molecule has 0 radical (unpaired) electrons. The van der Waals surface area contributed by atoms with Crippen LogP contribution >= 0.6 is 11.8 Å². The van der Waals surface area contributed by atoms with Crippen LogP contribution in [0.2, 0.25) is 0 Å². The standard InChI is InChI=1S/C10H17N5S/c1-2-8(16-7-1)9-12-10(14-13-9)15-5-3-11-4-6-15/h8,11H,1-7H2,(H,12,13,14). The average Bonchev–Trinajstić information content (AvgIpc) is 3.01. The average molecular weight is 239 g/mol. The van der Waals surface area contributed by atoms with Gasteiger partial charge in [-0.2, -0.15) is 16.7 Å². The summed E-state index contributed by atoms with van der Waals surface area (Å²) in [5.74, 6) is 3.20. The van der Waals surface area contributed by atoms with E-state index in [0.717, 1.165) is 38.0 Å². The molecule has 2 aliphatic rings. The first-order chi connectivity index (χ1) is 7.93. The van der Waals surface area contributed by atoms with Gasteiger partial charge in [0, 0.05) is 26.2 Å². The van der Waals surface area contributed by atoms with Crippen LogP contribution in [0.15, 0.2) is 0 Å². The molecule has 6 heteroatoms. The Morgan fingerprint density at radius 1 is 1.31 bits per heavy atom. The van der Waals surface area contributed by atoms with Crippen molar-refractivity contribution in [1.82, 2.24) is 20.5 Å². The van der Waals surface area contributed by atoms with Gasteiger partial charge < -0.3 is 10.2 Å². The molecule has 2 N–H and O–H groups in total. The number of hydrogen-bond acceptors (Lipinski definition) is 5. The van der Waals surface area contributed by atoms with Crippen LogP contribution in [0.4, 0.5) is 5.95 Å². The lowest BCUT2D eigenvalue weighted by atomic mass is 10.2. The second-order valence-corrected chi connectivity index (χ2v) is 5.57. The summed E-state index contributed by atoms with van der Waals surface area (Å²) in [5.41, 5.74) is 0. The van der Waals surface area contributed by atoms with Gasteiger partial charge in [0.1, 0.15) is 5.82 Å². The molecule has 0 aliphatic carbocycles. The third kappa shape index (κ3) is 2.04. The lowest BCUT2D eigenvalue weighted by Gasteiger charge is -2.25. The molecule has 2 aliphatic heterocycles. The Balaban J connectivity index is 1.71. The summed E-state index contributed by atoms with van der Waals surface area (Å²) in [6.45, 7) is 4.08. The summed E-state index contributed by atoms with van der Waals surface area (Å²) >= 11 is 1.99. The fourth-order valence-corrected chi connectivity index (χ4v) is 3.42. The zero-order valence-electron chi connectivity index (χ0n) is 9.28. The first-order valence-corrected chi connectivity index (χ1v) is 6.98. The highest BCUT2D eigenvalue weighted by atomic mass is 32.2. The number of anilines is 1. The van der Waals surface area contributed by atoms with Crippen LogP contribution in [0, 0.1) is 0 Å². The van der Waals surface area contributed by atoms with Gasteiger partial charge in [0.05, 0.1) is 5.25 Å². The lowest BCUT2D eigenvalue weighted by Crippen LogP contribution is -2.44. The number of hydrogen-bond donors (Lipinski definition) is 2. The zero-order chi connectivity index (χ0) is 10.8. The van der Waals surface area contributed by atoms with E-state index in [1.807, 2.05) is 11.8 Å². The van der Waals surface area contributed by atoms with Crippen molar-refractivity contribution >= 4 is 17.7 Å². The van der Waals surface area contributed by atoms with E-state index in [9.17, 15) is 0 Å². The predicted molar refractivity (Wildman–Crippen MR) is 65.9 cm³/mol. The van der Waals surface area contributed by atoms with Gasteiger partial charge in [0.2, 0.25) is 5.95 Å². The van der Waals surface area contributed by atoms with Crippen LogP contribution < -0.4 is 10.2 Å². The highest BCUT2D eigenvalue weighted by Gasteiger charge is 2.23. The first kappa shape index (κ1) is 10.4. The summed E-state index contributed by atoms with van der Waals surface area (Å²) < 4.78 is 0. The molecule has 1 aromatic heterocycles. The molecular formula is C10H17N5S. The Morgan fingerprint density at radius 2 is 2.19 bits per heavy atom. The van der Waals surface area contributed by atoms with E-state index < -0.39 is 0 Å². The minimum Gasteiger partial charge on any atom is -0.337 e. The molecule has 0 bridgehead atoms. The van der Waals surface area contributed by atoms with Crippen molar-refractivity contribution in [2.24, 2.45) is 0 Å². The van der Waals surface area contributed by atoms with Crippen LogP contribution in [0.3, 0.4) is 0 Å². The number of nitrogens with zero attached hydrogens (tertiary/aromatic N) is 3. The van der Waals surface area contributed by atoms with Crippen LogP contribution in [0.5, 0.6) is 0 Å². The summed E-state index contributed by atoms with van der Waals surface area (Å²) in [6, 6.07) is 0. The topological polar surface area (TPSA) is 56.8 Å². The van der Waals surface area contributed by atoms with E-state index >= 15 is 0 Å². The van der Waals surface area contributed by atoms with Gasteiger partial charge >= 0.3 is 0 Å². The molecule has 0 spiro atoms. The Bertz CT molecular complexity index is 341. The van der Waals surface area contributed by atoms with Crippen molar-refractivity contribution in [3.05, 3.63) is 5.82 Å². The largest absolute Gasteiger partial charge is 0.337 e. The van der Waals surface area contributed by atoms with Crippen molar-refractivity contribution in [3.8, 4) is 0 Å².